The first kappa shape index (κ1) is 18.6. The van der Waals surface area contributed by atoms with Crippen LogP contribution in [0.3, 0.4) is 0 Å². The SMILES string of the molecule is O=C(N/N=C\c1cccc(Cl)c1)c1nn(-c2ccccc2)c(=O)c2ccccc12. The highest BCUT2D eigenvalue weighted by Gasteiger charge is 2.17. The molecule has 0 fully saturated rings. The Labute approximate surface area is 171 Å². The molecular formula is C22H15ClN4O2. The summed E-state index contributed by atoms with van der Waals surface area (Å²) in [7, 11) is 0. The van der Waals surface area contributed by atoms with Gasteiger partial charge in [0.2, 0.25) is 0 Å². The molecule has 142 valence electrons. The summed E-state index contributed by atoms with van der Waals surface area (Å²) in [5.74, 6) is -0.524. The number of hydrogen-bond acceptors (Lipinski definition) is 4. The number of amides is 1. The number of carbonyl (C=O) groups is 1. The van der Waals surface area contributed by atoms with Gasteiger partial charge in [0.05, 0.1) is 17.3 Å². The molecule has 0 atom stereocenters. The zero-order valence-electron chi connectivity index (χ0n) is 15.1. The van der Waals surface area contributed by atoms with Crippen molar-refractivity contribution in [3.05, 3.63) is 105 Å². The Morgan fingerprint density at radius 2 is 1.69 bits per heavy atom. The Morgan fingerprint density at radius 3 is 2.45 bits per heavy atom. The van der Waals surface area contributed by atoms with Gasteiger partial charge in [0, 0.05) is 10.4 Å². The minimum atomic E-state index is -0.524. The van der Waals surface area contributed by atoms with E-state index in [1.165, 1.54) is 10.9 Å². The number of nitrogens with one attached hydrogen (secondary N) is 1. The average Bonchev–Trinajstić information content (AvgIpc) is 2.75. The van der Waals surface area contributed by atoms with Crippen LogP contribution >= 0.6 is 11.6 Å². The molecule has 1 N–H and O–H groups in total. The molecule has 4 aromatic rings. The number of halogens is 1. The van der Waals surface area contributed by atoms with Gasteiger partial charge in [-0.15, -0.1) is 0 Å². The molecule has 1 heterocycles. The Balaban J connectivity index is 1.73. The molecule has 0 saturated carbocycles. The van der Waals surface area contributed by atoms with Crippen LogP contribution in [0.15, 0.2) is 88.8 Å². The van der Waals surface area contributed by atoms with Gasteiger partial charge in [-0.3, -0.25) is 9.59 Å². The van der Waals surface area contributed by atoms with E-state index in [-0.39, 0.29) is 11.3 Å². The van der Waals surface area contributed by atoms with Gasteiger partial charge < -0.3 is 0 Å². The van der Waals surface area contributed by atoms with Crippen LogP contribution in [0.4, 0.5) is 0 Å². The lowest BCUT2D eigenvalue weighted by Crippen LogP contribution is -2.28. The van der Waals surface area contributed by atoms with Crippen molar-refractivity contribution >= 4 is 34.5 Å². The second-order valence-electron chi connectivity index (χ2n) is 6.20. The summed E-state index contributed by atoms with van der Waals surface area (Å²) in [6.07, 6.45) is 1.49. The Morgan fingerprint density at radius 1 is 0.966 bits per heavy atom. The molecule has 0 radical (unpaired) electrons. The number of aromatic nitrogens is 2. The number of hydrazone groups is 1. The minimum Gasteiger partial charge on any atom is -0.267 e. The van der Waals surface area contributed by atoms with Gasteiger partial charge >= 0.3 is 0 Å². The molecule has 0 aliphatic rings. The molecule has 29 heavy (non-hydrogen) atoms. The van der Waals surface area contributed by atoms with Crippen molar-refractivity contribution in [2.45, 2.75) is 0 Å². The first-order valence-corrected chi connectivity index (χ1v) is 9.18. The summed E-state index contributed by atoms with van der Waals surface area (Å²) < 4.78 is 1.22. The van der Waals surface area contributed by atoms with E-state index >= 15 is 0 Å². The topological polar surface area (TPSA) is 76.3 Å². The lowest BCUT2D eigenvalue weighted by Gasteiger charge is -2.10. The molecule has 3 aromatic carbocycles. The predicted molar refractivity (Wildman–Crippen MR) is 114 cm³/mol. The quantitative estimate of drug-likeness (QED) is 0.416. The fraction of sp³-hybridized carbons (Fsp3) is 0. The molecule has 6 nitrogen and oxygen atoms in total. The third-order valence-corrected chi connectivity index (χ3v) is 4.48. The maximum absolute atomic E-state index is 12.9. The van der Waals surface area contributed by atoms with Gasteiger partial charge in [-0.25, -0.2) is 5.43 Å². The van der Waals surface area contributed by atoms with Crippen LogP contribution in [0.5, 0.6) is 0 Å². The van der Waals surface area contributed by atoms with Gasteiger partial charge in [0.15, 0.2) is 5.69 Å². The summed E-state index contributed by atoms with van der Waals surface area (Å²) in [6.45, 7) is 0. The van der Waals surface area contributed by atoms with Crippen molar-refractivity contribution in [1.29, 1.82) is 0 Å². The average molecular weight is 403 g/mol. The number of para-hydroxylation sites is 1. The van der Waals surface area contributed by atoms with E-state index in [4.69, 9.17) is 11.6 Å². The largest absolute Gasteiger partial charge is 0.292 e. The molecule has 4 rings (SSSR count). The molecule has 1 aromatic heterocycles. The maximum Gasteiger partial charge on any atom is 0.292 e. The third-order valence-electron chi connectivity index (χ3n) is 4.25. The van der Waals surface area contributed by atoms with Gasteiger partial charge in [-0.1, -0.05) is 60.1 Å². The zero-order chi connectivity index (χ0) is 20.2. The molecule has 0 spiro atoms. The van der Waals surface area contributed by atoms with Crippen molar-refractivity contribution in [3.63, 3.8) is 0 Å². The molecule has 0 bridgehead atoms. The molecule has 0 unspecified atom stereocenters. The monoisotopic (exact) mass is 402 g/mol. The second-order valence-corrected chi connectivity index (χ2v) is 6.64. The summed E-state index contributed by atoms with van der Waals surface area (Å²) in [5, 5.41) is 9.72. The van der Waals surface area contributed by atoms with Crippen molar-refractivity contribution in [2.75, 3.05) is 0 Å². The number of nitrogens with zero attached hydrogens (tertiary/aromatic N) is 3. The molecule has 0 aliphatic heterocycles. The number of fused-ring (bicyclic) bond motifs is 1. The van der Waals surface area contributed by atoms with E-state index in [2.05, 4.69) is 15.6 Å². The number of rotatable bonds is 4. The van der Waals surface area contributed by atoms with E-state index in [0.29, 0.717) is 21.5 Å². The highest BCUT2D eigenvalue weighted by Crippen LogP contribution is 2.15. The first-order valence-electron chi connectivity index (χ1n) is 8.80. The van der Waals surface area contributed by atoms with E-state index in [0.717, 1.165) is 5.56 Å². The highest BCUT2D eigenvalue weighted by molar-refractivity contribution is 6.30. The number of hydrogen-bond donors (Lipinski definition) is 1. The van der Waals surface area contributed by atoms with Gasteiger partial charge in [0.25, 0.3) is 11.5 Å². The third kappa shape index (κ3) is 3.93. The van der Waals surface area contributed by atoms with Crippen LogP contribution in [0, 0.1) is 0 Å². The van der Waals surface area contributed by atoms with Gasteiger partial charge in [0.1, 0.15) is 0 Å². The summed E-state index contributed by atoms with van der Waals surface area (Å²) in [6, 6.07) is 22.9. The molecule has 0 aliphatic carbocycles. The second kappa shape index (κ2) is 8.08. The van der Waals surface area contributed by atoms with Crippen molar-refractivity contribution in [2.24, 2.45) is 5.10 Å². The summed E-state index contributed by atoms with van der Waals surface area (Å²) >= 11 is 5.95. The van der Waals surface area contributed by atoms with Crippen LogP contribution in [-0.4, -0.2) is 21.9 Å². The van der Waals surface area contributed by atoms with E-state index in [1.54, 1.807) is 66.7 Å². The molecule has 0 saturated heterocycles. The fourth-order valence-corrected chi connectivity index (χ4v) is 3.11. The maximum atomic E-state index is 12.9. The van der Waals surface area contributed by atoms with E-state index in [1.807, 2.05) is 12.1 Å². The Bertz CT molecular complexity index is 1280. The zero-order valence-corrected chi connectivity index (χ0v) is 15.9. The van der Waals surface area contributed by atoms with Crippen molar-refractivity contribution < 1.29 is 4.79 Å². The van der Waals surface area contributed by atoms with Crippen LogP contribution in [0.2, 0.25) is 5.02 Å². The van der Waals surface area contributed by atoms with Crippen molar-refractivity contribution in [1.82, 2.24) is 15.2 Å². The first-order chi connectivity index (χ1) is 14.1. The summed E-state index contributed by atoms with van der Waals surface area (Å²) in [4.78, 5) is 25.6. The van der Waals surface area contributed by atoms with Crippen LogP contribution < -0.4 is 11.0 Å². The number of benzene rings is 3. The summed E-state index contributed by atoms with van der Waals surface area (Å²) in [5.41, 5.74) is 3.58. The van der Waals surface area contributed by atoms with Crippen LogP contribution in [0.25, 0.3) is 16.5 Å². The van der Waals surface area contributed by atoms with Crippen molar-refractivity contribution in [3.8, 4) is 5.69 Å². The highest BCUT2D eigenvalue weighted by atomic mass is 35.5. The Kier molecular flexibility index (Phi) is 5.18. The van der Waals surface area contributed by atoms with E-state index in [9.17, 15) is 9.59 Å². The number of carbonyl (C=O) groups excluding carboxylic acids is 1. The van der Waals surface area contributed by atoms with Crippen LogP contribution in [0.1, 0.15) is 16.1 Å². The van der Waals surface area contributed by atoms with E-state index < -0.39 is 5.91 Å². The molecule has 7 heteroatoms. The lowest BCUT2D eigenvalue weighted by molar-refractivity contribution is 0.0950. The van der Waals surface area contributed by atoms with Gasteiger partial charge in [-0.05, 0) is 35.9 Å². The Hall–Kier alpha value is -3.77. The normalized spacial score (nSPS) is 11.1. The molecule has 1 amide bonds. The fourth-order valence-electron chi connectivity index (χ4n) is 2.91. The molecular weight excluding hydrogens is 388 g/mol. The van der Waals surface area contributed by atoms with Gasteiger partial charge in [-0.2, -0.15) is 14.9 Å². The minimum absolute atomic E-state index is 0.104. The lowest BCUT2D eigenvalue weighted by atomic mass is 10.1. The predicted octanol–water partition coefficient (Wildman–Crippen LogP) is 3.80. The van der Waals surface area contributed by atoms with Crippen LogP contribution in [-0.2, 0) is 0 Å². The standard InChI is InChI=1S/C22H15ClN4O2/c23-16-8-6-7-15(13-16)14-24-25-21(28)20-18-11-4-5-12-19(18)22(29)27(26-20)17-9-2-1-3-10-17/h1-14H,(H,25,28)/b24-14-. The smallest absolute Gasteiger partial charge is 0.267 e.